The van der Waals surface area contributed by atoms with Gasteiger partial charge in [0.05, 0.1) is 28.7 Å². The van der Waals surface area contributed by atoms with E-state index in [4.69, 9.17) is 14.1 Å². The number of esters is 1. The largest absolute Gasteiger partial charge is 0.465 e. The quantitative estimate of drug-likeness (QED) is 0.339. The number of benzene rings is 1. The van der Waals surface area contributed by atoms with Gasteiger partial charge < -0.3 is 9.15 Å². The number of ether oxygens (including phenoxy) is 1. The first-order valence-corrected chi connectivity index (χ1v) is 11.8. The highest BCUT2D eigenvalue weighted by molar-refractivity contribution is 7.15. The molecule has 0 bridgehead atoms. The van der Waals surface area contributed by atoms with Gasteiger partial charge in [0, 0.05) is 23.0 Å². The molecule has 0 atom stereocenters. The standard InChI is InChI=1S/C26H19N3O4S/c30-22-14-17(27-26-29(22)10-12-34-26)15-33-25(31)23-19-7-1-2-9-21(19)28-24-16(5-3-8-20(23)24)13-18-6-4-11-32-18/h1-2,4,6-7,9-14H,3,5,8,15H2/b16-13+. The van der Waals surface area contributed by atoms with Crippen molar-refractivity contribution in [2.75, 3.05) is 0 Å². The Bertz CT molecular complexity index is 1630. The first-order chi connectivity index (χ1) is 16.7. The maximum atomic E-state index is 13.4. The second-order valence-electron chi connectivity index (χ2n) is 8.09. The topological polar surface area (TPSA) is 86.7 Å². The van der Waals surface area contributed by atoms with Crippen molar-refractivity contribution in [1.82, 2.24) is 14.4 Å². The lowest BCUT2D eigenvalue weighted by Gasteiger charge is -2.22. The van der Waals surface area contributed by atoms with Crippen molar-refractivity contribution in [2.45, 2.75) is 25.9 Å². The van der Waals surface area contributed by atoms with E-state index in [0.29, 0.717) is 16.2 Å². The van der Waals surface area contributed by atoms with E-state index in [1.54, 1.807) is 17.8 Å². The number of fused-ring (bicyclic) bond motifs is 3. The number of thiazole rings is 1. The molecule has 1 aromatic carbocycles. The average Bonchev–Trinajstić information content (AvgIpc) is 3.54. The second-order valence-corrected chi connectivity index (χ2v) is 8.96. The number of para-hydroxylation sites is 1. The highest BCUT2D eigenvalue weighted by Gasteiger charge is 2.26. The third kappa shape index (κ3) is 3.62. The summed E-state index contributed by atoms with van der Waals surface area (Å²) >= 11 is 1.36. The van der Waals surface area contributed by atoms with Crippen LogP contribution < -0.4 is 5.56 Å². The summed E-state index contributed by atoms with van der Waals surface area (Å²) < 4.78 is 12.7. The molecule has 6 rings (SSSR count). The van der Waals surface area contributed by atoms with Crippen molar-refractivity contribution >= 4 is 44.8 Å². The second kappa shape index (κ2) is 8.39. The molecule has 4 aromatic heterocycles. The average molecular weight is 470 g/mol. The Labute approximate surface area is 198 Å². The van der Waals surface area contributed by atoms with Gasteiger partial charge in [-0.15, -0.1) is 11.3 Å². The molecule has 0 unspecified atom stereocenters. The molecular weight excluding hydrogens is 450 g/mol. The molecule has 0 aliphatic heterocycles. The fourth-order valence-electron chi connectivity index (χ4n) is 4.43. The summed E-state index contributed by atoms with van der Waals surface area (Å²) in [5.74, 6) is 0.311. The SMILES string of the molecule is O=C(OCc1cc(=O)n2ccsc2n1)c1c2c(nc3ccccc13)/C(=C/c1ccco1)CCC2. The van der Waals surface area contributed by atoms with E-state index >= 15 is 0 Å². The van der Waals surface area contributed by atoms with Crippen LogP contribution in [0.3, 0.4) is 0 Å². The summed E-state index contributed by atoms with van der Waals surface area (Å²) in [6.45, 7) is -0.0804. The number of hydrogen-bond acceptors (Lipinski definition) is 7. The van der Waals surface area contributed by atoms with Crippen LogP contribution in [0.2, 0.25) is 0 Å². The fraction of sp³-hybridized carbons (Fsp3) is 0.154. The smallest absolute Gasteiger partial charge is 0.339 e. The summed E-state index contributed by atoms with van der Waals surface area (Å²) in [5, 5.41) is 2.55. The van der Waals surface area contributed by atoms with E-state index in [1.807, 2.05) is 42.5 Å². The molecule has 1 aliphatic rings. The van der Waals surface area contributed by atoms with Crippen LogP contribution in [-0.4, -0.2) is 20.3 Å². The van der Waals surface area contributed by atoms with Gasteiger partial charge in [0.25, 0.3) is 5.56 Å². The van der Waals surface area contributed by atoms with Gasteiger partial charge >= 0.3 is 5.97 Å². The highest BCUT2D eigenvalue weighted by Crippen LogP contribution is 2.36. The normalized spacial score (nSPS) is 14.5. The van der Waals surface area contributed by atoms with Crippen molar-refractivity contribution < 1.29 is 13.9 Å². The van der Waals surface area contributed by atoms with E-state index in [2.05, 4.69) is 4.98 Å². The number of nitrogens with zero attached hydrogens (tertiary/aromatic N) is 3. The Morgan fingerprint density at radius 2 is 2.09 bits per heavy atom. The van der Waals surface area contributed by atoms with Crippen LogP contribution in [0.1, 0.15) is 45.9 Å². The van der Waals surface area contributed by atoms with Crippen LogP contribution in [0.25, 0.3) is 27.5 Å². The van der Waals surface area contributed by atoms with Crippen LogP contribution in [0, 0.1) is 0 Å². The van der Waals surface area contributed by atoms with Crippen molar-refractivity contribution in [3.05, 3.63) is 98.9 Å². The highest BCUT2D eigenvalue weighted by atomic mass is 32.1. The number of carbonyl (C=O) groups is 1. The molecular formula is C26H19N3O4S. The number of carbonyl (C=O) groups excluding carboxylic acids is 1. The lowest BCUT2D eigenvalue weighted by atomic mass is 9.86. The van der Waals surface area contributed by atoms with Crippen LogP contribution in [0.15, 0.2) is 69.5 Å². The van der Waals surface area contributed by atoms with Gasteiger partial charge in [0.1, 0.15) is 12.4 Å². The Balaban J connectivity index is 1.40. The van der Waals surface area contributed by atoms with E-state index in [1.165, 1.54) is 21.8 Å². The van der Waals surface area contributed by atoms with E-state index in [0.717, 1.165) is 52.8 Å². The predicted octanol–water partition coefficient (Wildman–Crippen LogP) is 5.13. The molecule has 4 heterocycles. The number of pyridine rings is 1. The number of allylic oxidation sites excluding steroid dienone is 1. The fourth-order valence-corrected chi connectivity index (χ4v) is 5.17. The zero-order chi connectivity index (χ0) is 23.1. The third-order valence-electron chi connectivity index (χ3n) is 5.94. The van der Waals surface area contributed by atoms with Gasteiger partial charge in [0.15, 0.2) is 4.96 Å². The molecule has 0 N–H and O–H groups in total. The third-order valence-corrected chi connectivity index (χ3v) is 6.70. The van der Waals surface area contributed by atoms with E-state index < -0.39 is 5.97 Å². The van der Waals surface area contributed by atoms with Crippen LogP contribution >= 0.6 is 11.3 Å². The number of hydrogen-bond donors (Lipinski definition) is 0. The molecule has 5 aromatic rings. The van der Waals surface area contributed by atoms with Gasteiger partial charge in [-0.2, -0.15) is 0 Å². The van der Waals surface area contributed by atoms with E-state index in [-0.39, 0.29) is 12.2 Å². The Hall–Kier alpha value is -4.04. The monoisotopic (exact) mass is 469 g/mol. The molecule has 1 aliphatic carbocycles. The number of aromatic nitrogens is 3. The molecule has 0 saturated heterocycles. The minimum atomic E-state index is -0.442. The Morgan fingerprint density at radius 3 is 2.97 bits per heavy atom. The molecule has 0 amide bonds. The summed E-state index contributed by atoms with van der Waals surface area (Å²) in [4.78, 5) is 35.6. The zero-order valence-electron chi connectivity index (χ0n) is 18.1. The van der Waals surface area contributed by atoms with Gasteiger partial charge in [0.2, 0.25) is 0 Å². The minimum Gasteiger partial charge on any atom is -0.465 e. The van der Waals surface area contributed by atoms with Gasteiger partial charge in [-0.1, -0.05) is 18.2 Å². The molecule has 0 radical (unpaired) electrons. The molecule has 0 saturated carbocycles. The Morgan fingerprint density at radius 1 is 1.18 bits per heavy atom. The molecule has 0 fully saturated rings. The van der Waals surface area contributed by atoms with Gasteiger partial charge in [-0.05, 0) is 54.7 Å². The van der Waals surface area contributed by atoms with Crippen LogP contribution in [-0.2, 0) is 17.8 Å². The maximum absolute atomic E-state index is 13.4. The zero-order valence-corrected chi connectivity index (χ0v) is 18.9. The first kappa shape index (κ1) is 20.6. The first-order valence-electron chi connectivity index (χ1n) is 11.0. The van der Waals surface area contributed by atoms with Gasteiger partial charge in [-0.25, -0.2) is 14.8 Å². The summed E-state index contributed by atoms with van der Waals surface area (Å²) in [5.41, 5.74) is 4.22. The van der Waals surface area contributed by atoms with Crippen LogP contribution in [0.4, 0.5) is 0 Å². The van der Waals surface area contributed by atoms with Crippen LogP contribution in [0.5, 0.6) is 0 Å². The summed E-state index contributed by atoms with van der Waals surface area (Å²) in [7, 11) is 0. The van der Waals surface area contributed by atoms with Gasteiger partial charge in [-0.3, -0.25) is 9.20 Å². The predicted molar refractivity (Wildman–Crippen MR) is 130 cm³/mol. The van der Waals surface area contributed by atoms with Crippen molar-refractivity contribution in [1.29, 1.82) is 0 Å². The lowest BCUT2D eigenvalue weighted by Crippen LogP contribution is -2.17. The molecule has 168 valence electrons. The molecule has 34 heavy (non-hydrogen) atoms. The lowest BCUT2D eigenvalue weighted by molar-refractivity contribution is 0.0468. The molecule has 0 spiro atoms. The molecule has 7 nitrogen and oxygen atoms in total. The van der Waals surface area contributed by atoms with Crippen molar-refractivity contribution in [3.8, 4) is 0 Å². The summed E-state index contributed by atoms with van der Waals surface area (Å²) in [6, 6.07) is 12.7. The number of rotatable bonds is 4. The number of furan rings is 1. The summed E-state index contributed by atoms with van der Waals surface area (Å²) in [6.07, 6.45) is 7.78. The maximum Gasteiger partial charge on any atom is 0.339 e. The Kier molecular flexibility index (Phi) is 5.07. The van der Waals surface area contributed by atoms with Crippen molar-refractivity contribution in [2.24, 2.45) is 0 Å². The van der Waals surface area contributed by atoms with Crippen molar-refractivity contribution in [3.63, 3.8) is 0 Å². The minimum absolute atomic E-state index is 0.0804. The molecule has 8 heteroatoms. The van der Waals surface area contributed by atoms with E-state index in [9.17, 15) is 9.59 Å².